The van der Waals surface area contributed by atoms with Crippen LogP contribution in [0.25, 0.3) is 10.8 Å². The van der Waals surface area contributed by atoms with Crippen molar-refractivity contribution in [2.24, 2.45) is 0 Å². The van der Waals surface area contributed by atoms with Gasteiger partial charge in [0.25, 0.3) is 0 Å². The Morgan fingerprint density at radius 2 is 2.06 bits per heavy atom. The van der Waals surface area contributed by atoms with Gasteiger partial charge in [-0.25, -0.2) is 0 Å². The monoisotopic (exact) mass is 308 g/mol. The Bertz CT molecular complexity index is 607. The number of benzene rings is 2. The van der Waals surface area contributed by atoms with Gasteiger partial charge in [0.2, 0.25) is 0 Å². The molecule has 0 spiro atoms. The minimum Gasteiger partial charge on any atom is -0.495 e. The number of methoxy groups -OCH3 is 1. The predicted octanol–water partition coefficient (Wildman–Crippen LogP) is 3.80. The van der Waals surface area contributed by atoms with E-state index in [1.54, 1.807) is 14.0 Å². The Balaban J connectivity index is 2.84. The third-order valence-corrected chi connectivity index (χ3v) is 3.59. The van der Waals surface area contributed by atoms with Crippen LogP contribution in [0.15, 0.2) is 34.8 Å². The molecule has 0 radical (unpaired) electrons. The molecule has 3 nitrogen and oxygen atoms in total. The fraction of sp³-hybridized carbons (Fsp3) is 0.214. The lowest BCUT2D eigenvalue weighted by molar-refractivity contribution is -0.138. The number of aliphatic carboxylic acids is 1. The minimum atomic E-state index is -0.864. The van der Waals surface area contributed by atoms with Crippen molar-refractivity contribution in [3.63, 3.8) is 0 Å². The number of hydrogen-bond acceptors (Lipinski definition) is 2. The second-order valence-corrected chi connectivity index (χ2v) is 4.94. The van der Waals surface area contributed by atoms with E-state index in [1.165, 1.54) is 0 Å². The molecule has 0 aliphatic rings. The molecule has 0 fully saturated rings. The van der Waals surface area contributed by atoms with Crippen molar-refractivity contribution in [3.05, 3.63) is 40.4 Å². The van der Waals surface area contributed by atoms with E-state index < -0.39 is 11.9 Å². The first-order valence-electron chi connectivity index (χ1n) is 5.54. The van der Waals surface area contributed by atoms with Crippen LogP contribution in [0.5, 0.6) is 5.75 Å². The van der Waals surface area contributed by atoms with Gasteiger partial charge in [-0.2, -0.15) is 0 Å². The molecule has 1 N–H and O–H groups in total. The molecule has 0 aliphatic heterocycles. The van der Waals surface area contributed by atoms with Crippen molar-refractivity contribution in [1.82, 2.24) is 0 Å². The van der Waals surface area contributed by atoms with E-state index in [0.717, 1.165) is 15.2 Å². The van der Waals surface area contributed by atoms with E-state index in [1.807, 2.05) is 30.3 Å². The second-order valence-electron chi connectivity index (χ2n) is 4.09. The van der Waals surface area contributed by atoms with E-state index in [-0.39, 0.29) is 0 Å². The second kappa shape index (κ2) is 4.98. The molecule has 2 aromatic rings. The summed E-state index contributed by atoms with van der Waals surface area (Å²) in [6, 6.07) is 9.63. The van der Waals surface area contributed by atoms with Crippen LogP contribution in [-0.4, -0.2) is 18.2 Å². The zero-order valence-corrected chi connectivity index (χ0v) is 11.7. The summed E-state index contributed by atoms with van der Waals surface area (Å²) in [4.78, 5) is 11.3. The summed E-state index contributed by atoms with van der Waals surface area (Å²) in [5, 5.41) is 11.1. The Morgan fingerprint density at radius 3 is 2.67 bits per heavy atom. The van der Waals surface area contributed by atoms with E-state index in [2.05, 4.69) is 15.9 Å². The van der Waals surface area contributed by atoms with Crippen molar-refractivity contribution in [1.29, 1.82) is 0 Å². The molecule has 0 aromatic heterocycles. The van der Waals surface area contributed by atoms with Crippen molar-refractivity contribution < 1.29 is 14.6 Å². The third-order valence-electron chi connectivity index (χ3n) is 3.00. The van der Waals surface area contributed by atoms with Crippen LogP contribution < -0.4 is 4.74 Å². The molecule has 94 valence electrons. The molecule has 0 saturated carbocycles. The first-order valence-corrected chi connectivity index (χ1v) is 6.33. The molecule has 0 saturated heterocycles. The lowest BCUT2D eigenvalue weighted by atomic mass is 9.94. The molecule has 0 heterocycles. The number of carbonyl (C=O) groups is 1. The zero-order chi connectivity index (χ0) is 13.3. The molecule has 1 unspecified atom stereocenters. The molecule has 2 aromatic carbocycles. The molecular formula is C14H13BrO3. The Kier molecular flexibility index (Phi) is 3.57. The topological polar surface area (TPSA) is 46.5 Å². The van der Waals surface area contributed by atoms with Gasteiger partial charge in [-0.3, -0.25) is 4.79 Å². The largest absolute Gasteiger partial charge is 0.495 e. The normalized spacial score (nSPS) is 12.4. The Morgan fingerprint density at radius 1 is 1.39 bits per heavy atom. The quantitative estimate of drug-likeness (QED) is 0.938. The van der Waals surface area contributed by atoms with Crippen LogP contribution >= 0.6 is 15.9 Å². The van der Waals surface area contributed by atoms with Crippen LogP contribution in [0.1, 0.15) is 18.4 Å². The van der Waals surface area contributed by atoms with Gasteiger partial charge in [0, 0.05) is 5.56 Å². The molecule has 18 heavy (non-hydrogen) atoms. The maximum absolute atomic E-state index is 11.3. The lowest BCUT2D eigenvalue weighted by Crippen LogP contribution is -2.10. The van der Waals surface area contributed by atoms with Crippen LogP contribution in [0.3, 0.4) is 0 Å². The van der Waals surface area contributed by atoms with E-state index >= 15 is 0 Å². The summed E-state index contributed by atoms with van der Waals surface area (Å²) in [6.45, 7) is 1.67. The van der Waals surface area contributed by atoms with Crippen LogP contribution in [0, 0.1) is 0 Å². The number of ether oxygens (including phenoxy) is 1. The Labute approximate surface area is 114 Å². The van der Waals surface area contributed by atoms with Gasteiger partial charge in [0.1, 0.15) is 5.75 Å². The van der Waals surface area contributed by atoms with Crippen molar-refractivity contribution >= 4 is 32.7 Å². The minimum absolute atomic E-state index is 0.587. The highest BCUT2D eigenvalue weighted by atomic mass is 79.9. The number of halogens is 1. The van der Waals surface area contributed by atoms with Gasteiger partial charge in [0.05, 0.1) is 17.5 Å². The molecule has 2 rings (SSSR count). The van der Waals surface area contributed by atoms with Gasteiger partial charge in [-0.1, -0.05) is 24.3 Å². The smallest absolute Gasteiger partial charge is 0.310 e. The maximum atomic E-state index is 11.3. The lowest BCUT2D eigenvalue weighted by Gasteiger charge is -2.17. The molecule has 0 aliphatic carbocycles. The van der Waals surface area contributed by atoms with Crippen LogP contribution in [-0.2, 0) is 4.79 Å². The van der Waals surface area contributed by atoms with Crippen LogP contribution in [0.2, 0.25) is 0 Å². The summed E-state index contributed by atoms with van der Waals surface area (Å²) >= 11 is 3.43. The van der Waals surface area contributed by atoms with Crippen LogP contribution in [0.4, 0.5) is 0 Å². The van der Waals surface area contributed by atoms with Crippen molar-refractivity contribution in [2.75, 3.05) is 7.11 Å². The summed E-state index contributed by atoms with van der Waals surface area (Å²) in [5.74, 6) is -0.900. The van der Waals surface area contributed by atoms with E-state index in [0.29, 0.717) is 11.3 Å². The molecule has 0 amide bonds. The fourth-order valence-electron chi connectivity index (χ4n) is 2.08. The number of rotatable bonds is 3. The maximum Gasteiger partial charge on any atom is 0.310 e. The number of fused-ring (bicyclic) bond motifs is 1. The predicted molar refractivity (Wildman–Crippen MR) is 74.3 cm³/mol. The summed E-state index contributed by atoms with van der Waals surface area (Å²) in [5.41, 5.74) is 0.704. The van der Waals surface area contributed by atoms with Crippen molar-refractivity contribution in [2.45, 2.75) is 12.8 Å². The third kappa shape index (κ3) is 2.08. The zero-order valence-electron chi connectivity index (χ0n) is 10.1. The fourth-order valence-corrected chi connectivity index (χ4v) is 2.70. The first kappa shape index (κ1) is 12.9. The average molecular weight is 309 g/mol. The van der Waals surface area contributed by atoms with Gasteiger partial charge >= 0.3 is 5.97 Å². The van der Waals surface area contributed by atoms with Gasteiger partial charge in [-0.15, -0.1) is 0 Å². The standard InChI is InChI=1S/C14H13BrO3/c1-8(14(16)17)12-10-6-4-3-5-9(10)7-11(15)13(12)18-2/h3-8H,1-2H3,(H,16,17). The number of hydrogen-bond donors (Lipinski definition) is 1. The molecule has 4 heteroatoms. The van der Waals surface area contributed by atoms with E-state index in [4.69, 9.17) is 4.74 Å². The van der Waals surface area contributed by atoms with Gasteiger partial charge in [-0.05, 0) is 39.7 Å². The molecule has 0 bridgehead atoms. The SMILES string of the molecule is COc1c(Br)cc2ccccc2c1C(C)C(=O)O. The Hall–Kier alpha value is -1.55. The average Bonchev–Trinajstić information content (AvgIpc) is 2.36. The van der Waals surface area contributed by atoms with Gasteiger partial charge in [0.15, 0.2) is 0 Å². The number of carboxylic acid groups (broad SMARTS) is 1. The van der Waals surface area contributed by atoms with Gasteiger partial charge < -0.3 is 9.84 Å². The molecular weight excluding hydrogens is 296 g/mol. The molecule has 1 atom stereocenters. The highest BCUT2D eigenvalue weighted by Crippen LogP contribution is 2.39. The van der Waals surface area contributed by atoms with Crippen molar-refractivity contribution in [3.8, 4) is 5.75 Å². The summed E-state index contributed by atoms with van der Waals surface area (Å²) in [6.07, 6.45) is 0. The summed E-state index contributed by atoms with van der Waals surface area (Å²) in [7, 11) is 1.55. The summed E-state index contributed by atoms with van der Waals surface area (Å²) < 4.78 is 6.12. The highest BCUT2D eigenvalue weighted by Gasteiger charge is 2.23. The first-order chi connectivity index (χ1) is 8.56. The van der Waals surface area contributed by atoms with E-state index in [9.17, 15) is 9.90 Å². The number of carboxylic acids is 1. The highest BCUT2D eigenvalue weighted by molar-refractivity contribution is 9.10.